The number of rotatable bonds is 8. The largest absolute Gasteiger partial charge is 0.336 e. The molecular formula is C22H27N3O3S. The van der Waals surface area contributed by atoms with Crippen LogP contribution in [0.1, 0.15) is 16.7 Å². The van der Waals surface area contributed by atoms with E-state index < -0.39 is 0 Å². The van der Waals surface area contributed by atoms with Gasteiger partial charge in [0.2, 0.25) is 17.7 Å². The number of thioether (sulfide) groups is 1. The zero-order valence-corrected chi connectivity index (χ0v) is 18.1. The summed E-state index contributed by atoms with van der Waals surface area (Å²) in [6, 6.07) is 13.3. The standard InChI is InChI=1S/C22H27N3O3S/c1-15-8-10-18(11-9-15)23-20(27)13-29-14-21(28)25(4)12-19(26)24-22-16(2)6-5-7-17(22)3/h5-11H,12-14H2,1-4H3,(H,23,27)(H,24,26). The Morgan fingerprint density at radius 1 is 0.862 bits per heavy atom. The van der Waals surface area contributed by atoms with Gasteiger partial charge in [-0.1, -0.05) is 35.9 Å². The molecule has 29 heavy (non-hydrogen) atoms. The van der Waals surface area contributed by atoms with E-state index in [1.165, 1.54) is 16.7 Å². The minimum atomic E-state index is -0.250. The van der Waals surface area contributed by atoms with Gasteiger partial charge in [-0.3, -0.25) is 14.4 Å². The molecule has 0 unspecified atom stereocenters. The Bertz CT molecular complexity index is 861. The first-order chi connectivity index (χ1) is 13.8. The molecule has 0 bridgehead atoms. The van der Waals surface area contributed by atoms with Crippen LogP contribution >= 0.6 is 11.8 Å². The molecule has 2 aromatic carbocycles. The molecule has 0 radical (unpaired) electrons. The molecule has 0 aliphatic heterocycles. The van der Waals surface area contributed by atoms with E-state index in [1.807, 2.05) is 63.2 Å². The normalized spacial score (nSPS) is 10.3. The van der Waals surface area contributed by atoms with Crippen LogP contribution in [0.25, 0.3) is 0 Å². The smallest absolute Gasteiger partial charge is 0.243 e. The number of benzene rings is 2. The summed E-state index contributed by atoms with van der Waals surface area (Å²) >= 11 is 1.22. The van der Waals surface area contributed by atoms with E-state index in [2.05, 4.69) is 10.6 Å². The molecule has 3 amide bonds. The van der Waals surface area contributed by atoms with Gasteiger partial charge in [0.05, 0.1) is 18.1 Å². The third-order valence-corrected chi connectivity index (χ3v) is 5.26. The zero-order chi connectivity index (χ0) is 21.4. The van der Waals surface area contributed by atoms with Crippen LogP contribution in [-0.4, -0.2) is 47.7 Å². The number of nitrogens with one attached hydrogen (secondary N) is 2. The van der Waals surface area contributed by atoms with E-state index in [-0.39, 0.29) is 35.8 Å². The van der Waals surface area contributed by atoms with Gasteiger partial charge in [-0.2, -0.15) is 0 Å². The number of nitrogens with zero attached hydrogens (tertiary/aromatic N) is 1. The molecule has 2 rings (SSSR count). The zero-order valence-electron chi connectivity index (χ0n) is 17.2. The third kappa shape index (κ3) is 7.27. The summed E-state index contributed by atoms with van der Waals surface area (Å²) in [5, 5.41) is 5.66. The van der Waals surface area contributed by atoms with Gasteiger partial charge in [0.15, 0.2) is 0 Å². The highest BCUT2D eigenvalue weighted by Crippen LogP contribution is 2.19. The van der Waals surface area contributed by atoms with E-state index in [4.69, 9.17) is 0 Å². The lowest BCUT2D eigenvalue weighted by molar-refractivity contribution is -0.131. The van der Waals surface area contributed by atoms with Crippen LogP contribution < -0.4 is 10.6 Å². The molecule has 0 fully saturated rings. The number of para-hydroxylation sites is 1. The summed E-state index contributed by atoms with van der Waals surface area (Å²) in [4.78, 5) is 37.8. The highest BCUT2D eigenvalue weighted by molar-refractivity contribution is 8.00. The third-order valence-electron chi connectivity index (χ3n) is 4.35. The fourth-order valence-electron chi connectivity index (χ4n) is 2.67. The SMILES string of the molecule is Cc1ccc(NC(=O)CSCC(=O)N(C)CC(=O)Nc2c(C)cccc2C)cc1. The van der Waals surface area contributed by atoms with Gasteiger partial charge in [-0.05, 0) is 44.0 Å². The molecule has 0 saturated heterocycles. The Hall–Kier alpha value is -2.80. The predicted octanol–water partition coefficient (Wildman–Crippen LogP) is 3.38. The van der Waals surface area contributed by atoms with Crippen molar-refractivity contribution < 1.29 is 14.4 Å². The summed E-state index contributed by atoms with van der Waals surface area (Å²) in [6.45, 7) is 5.79. The molecule has 0 aliphatic rings. The first-order valence-corrected chi connectivity index (χ1v) is 10.5. The monoisotopic (exact) mass is 413 g/mol. The second-order valence-corrected chi connectivity index (χ2v) is 7.96. The van der Waals surface area contributed by atoms with Crippen LogP contribution in [0.15, 0.2) is 42.5 Å². The van der Waals surface area contributed by atoms with Crippen molar-refractivity contribution in [2.75, 3.05) is 35.7 Å². The number of hydrogen-bond donors (Lipinski definition) is 2. The van der Waals surface area contributed by atoms with Crippen molar-refractivity contribution >= 4 is 40.9 Å². The van der Waals surface area contributed by atoms with Gasteiger partial charge in [0, 0.05) is 18.4 Å². The van der Waals surface area contributed by atoms with E-state index >= 15 is 0 Å². The molecule has 6 nitrogen and oxygen atoms in total. The summed E-state index contributed by atoms with van der Waals surface area (Å²) in [5.74, 6) is -0.312. The average Bonchev–Trinajstić information content (AvgIpc) is 2.66. The number of aryl methyl sites for hydroxylation is 3. The van der Waals surface area contributed by atoms with Crippen molar-refractivity contribution in [3.05, 3.63) is 59.2 Å². The number of carbonyl (C=O) groups excluding carboxylic acids is 3. The number of likely N-dealkylation sites (N-methyl/N-ethyl adjacent to an activating group) is 1. The Kier molecular flexibility index (Phi) is 8.27. The van der Waals surface area contributed by atoms with Crippen LogP contribution in [0.3, 0.4) is 0 Å². The van der Waals surface area contributed by atoms with Crippen molar-refractivity contribution in [2.45, 2.75) is 20.8 Å². The number of anilines is 2. The summed E-state index contributed by atoms with van der Waals surface area (Å²) < 4.78 is 0. The lowest BCUT2D eigenvalue weighted by atomic mass is 10.1. The second kappa shape index (κ2) is 10.7. The predicted molar refractivity (Wildman–Crippen MR) is 119 cm³/mol. The van der Waals surface area contributed by atoms with Crippen molar-refractivity contribution in [3.63, 3.8) is 0 Å². The highest BCUT2D eigenvalue weighted by Gasteiger charge is 2.15. The molecule has 0 spiro atoms. The Morgan fingerprint density at radius 2 is 1.48 bits per heavy atom. The van der Waals surface area contributed by atoms with Crippen LogP contribution in [-0.2, 0) is 14.4 Å². The molecule has 0 atom stereocenters. The first kappa shape index (κ1) is 22.5. The summed E-state index contributed by atoms with van der Waals surface area (Å²) in [7, 11) is 1.58. The Morgan fingerprint density at radius 3 is 2.10 bits per heavy atom. The fraction of sp³-hybridized carbons (Fsp3) is 0.318. The van der Waals surface area contributed by atoms with E-state index in [1.54, 1.807) is 7.05 Å². The lowest BCUT2D eigenvalue weighted by Gasteiger charge is -2.18. The second-order valence-electron chi connectivity index (χ2n) is 6.97. The van der Waals surface area contributed by atoms with Crippen LogP contribution in [0, 0.1) is 20.8 Å². The van der Waals surface area contributed by atoms with Gasteiger partial charge in [-0.25, -0.2) is 0 Å². The molecule has 0 aromatic heterocycles. The van der Waals surface area contributed by atoms with Gasteiger partial charge in [0.1, 0.15) is 0 Å². The van der Waals surface area contributed by atoms with E-state index in [9.17, 15) is 14.4 Å². The fourth-order valence-corrected chi connectivity index (χ4v) is 3.42. The average molecular weight is 414 g/mol. The Balaban J connectivity index is 1.73. The van der Waals surface area contributed by atoms with Crippen LogP contribution in [0.2, 0.25) is 0 Å². The quantitative estimate of drug-likeness (QED) is 0.695. The van der Waals surface area contributed by atoms with Gasteiger partial charge in [-0.15, -0.1) is 11.8 Å². The van der Waals surface area contributed by atoms with Crippen LogP contribution in [0.4, 0.5) is 11.4 Å². The molecule has 0 aliphatic carbocycles. The topological polar surface area (TPSA) is 78.5 Å². The van der Waals surface area contributed by atoms with E-state index in [0.717, 1.165) is 28.1 Å². The molecule has 0 heterocycles. The van der Waals surface area contributed by atoms with Gasteiger partial charge in [0.25, 0.3) is 0 Å². The van der Waals surface area contributed by atoms with Crippen molar-refractivity contribution in [2.24, 2.45) is 0 Å². The van der Waals surface area contributed by atoms with Crippen molar-refractivity contribution in [3.8, 4) is 0 Å². The van der Waals surface area contributed by atoms with Crippen molar-refractivity contribution in [1.82, 2.24) is 4.90 Å². The number of amides is 3. The van der Waals surface area contributed by atoms with Gasteiger partial charge >= 0.3 is 0 Å². The lowest BCUT2D eigenvalue weighted by Crippen LogP contribution is -2.36. The summed E-state index contributed by atoms with van der Waals surface area (Å²) in [5.41, 5.74) is 4.57. The first-order valence-electron chi connectivity index (χ1n) is 9.30. The molecular weight excluding hydrogens is 386 g/mol. The summed E-state index contributed by atoms with van der Waals surface area (Å²) in [6.07, 6.45) is 0. The minimum absolute atomic E-state index is 0.0390. The van der Waals surface area contributed by atoms with Crippen molar-refractivity contribution in [1.29, 1.82) is 0 Å². The molecule has 0 saturated carbocycles. The minimum Gasteiger partial charge on any atom is -0.336 e. The van der Waals surface area contributed by atoms with E-state index in [0.29, 0.717) is 0 Å². The maximum Gasteiger partial charge on any atom is 0.243 e. The maximum absolute atomic E-state index is 12.3. The highest BCUT2D eigenvalue weighted by atomic mass is 32.2. The molecule has 7 heteroatoms. The number of carbonyl (C=O) groups is 3. The maximum atomic E-state index is 12.3. The van der Waals surface area contributed by atoms with Gasteiger partial charge < -0.3 is 15.5 Å². The molecule has 2 N–H and O–H groups in total. The molecule has 2 aromatic rings. The number of hydrogen-bond acceptors (Lipinski definition) is 4. The van der Waals surface area contributed by atoms with Crippen LogP contribution in [0.5, 0.6) is 0 Å². The Labute approximate surface area is 176 Å². The molecule has 154 valence electrons.